The second-order valence-corrected chi connectivity index (χ2v) is 9.51. The smallest absolute Gasteiger partial charge is 0.257 e. The number of ketones is 1. The van der Waals surface area contributed by atoms with Crippen molar-refractivity contribution < 1.29 is 4.79 Å². The topological polar surface area (TPSA) is 74.8 Å². The van der Waals surface area contributed by atoms with Gasteiger partial charge in [0.2, 0.25) is 0 Å². The number of H-pyrrole nitrogens is 1. The Morgan fingerprint density at radius 1 is 1.03 bits per heavy atom. The van der Waals surface area contributed by atoms with Crippen LogP contribution in [0.25, 0.3) is 0 Å². The fourth-order valence-corrected chi connectivity index (χ4v) is 5.36. The summed E-state index contributed by atoms with van der Waals surface area (Å²) in [7, 11) is 0. The molecule has 0 saturated heterocycles. The molecule has 3 aromatic rings. The molecule has 5 nitrogen and oxygen atoms in total. The summed E-state index contributed by atoms with van der Waals surface area (Å²) in [6.45, 7) is 4.10. The molecule has 5 rings (SSSR count). The van der Waals surface area contributed by atoms with Crippen molar-refractivity contribution in [1.82, 2.24) is 9.97 Å². The van der Waals surface area contributed by atoms with Gasteiger partial charge in [0.1, 0.15) is 5.82 Å². The summed E-state index contributed by atoms with van der Waals surface area (Å²) in [4.78, 5) is 34.0. The summed E-state index contributed by atoms with van der Waals surface area (Å²) < 4.78 is 0. The van der Waals surface area contributed by atoms with Crippen molar-refractivity contribution >= 4 is 23.4 Å². The molecule has 0 fully saturated rings. The summed E-state index contributed by atoms with van der Waals surface area (Å²) in [5.41, 5.74) is 6.46. The lowest BCUT2D eigenvalue weighted by atomic mass is 9.76. The molecule has 1 unspecified atom stereocenters. The molecule has 162 valence electrons. The Hall–Kier alpha value is -3.12. The maximum absolute atomic E-state index is 13.3. The Morgan fingerprint density at radius 2 is 1.84 bits per heavy atom. The van der Waals surface area contributed by atoms with E-state index in [1.165, 1.54) is 22.9 Å². The van der Waals surface area contributed by atoms with E-state index in [-0.39, 0.29) is 17.3 Å². The molecule has 0 radical (unpaired) electrons. The van der Waals surface area contributed by atoms with Gasteiger partial charge in [0.25, 0.3) is 5.56 Å². The number of Topliss-reactive ketones (excluding diaryl/α,β-unsaturated/α-hetero) is 1. The van der Waals surface area contributed by atoms with Crippen LogP contribution in [0.5, 0.6) is 0 Å². The number of nitrogens with zero attached hydrogens (tertiary/aromatic N) is 1. The monoisotopic (exact) mass is 443 g/mol. The van der Waals surface area contributed by atoms with Gasteiger partial charge in [-0.3, -0.25) is 9.59 Å². The number of aryl methyl sites for hydroxylation is 2. The average molecular weight is 444 g/mol. The van der Waals surface area contributed by atoms with Crippen LogP contribution in [0.2, 0.25) is 0 Å². The van der Waals surface area contributed by atoms with Gasteiger partial charge < -0.3 is 10.3 Å². The molecule has 2 heterocycles. The van der Waals surface area contributed by atoms with E-state index >= 15 is 0 Å². The molecular weight excluding hydrogens is 418 g/mol. The number of aromatic nitrogens is 2. The molecular formula is C26H25N3O2S. The first-order chi connectivity index (χ1) is 15.5. The fraction of sp³-hybridized carbons (Fsp3) is 0.269. The van der Waals surface area contributed by atoms with Crippen LogP contribution < -0.4 is 10.9 Å². The van der Waals surface area contributed by atoms with E-state index in [0.29, 0.717) is 23.0 Å². The third-order valence-corrected chi connectivity index (χ3v) is 7.05. The minimum Gasteiger partial charge on any atom is -0.343 e. The van der Waals surface area contributed by atoms with Crippen molar-refractivity contribution in [2.45, 2.75) is 49.9 Å². The second-order valence-electron chi connectivity index (χ2n) is 8.55. The van der Waals surface area contributed by atoms with Crippen molar-refractivity contribution in [3.05, 3.63) is 98.0 Å². The van der Waals surface area contributed by atoms with E-state index in [4.69, 9.17) is 4.98 Å². The lowest BCUT2D eigenvalue weighted by Crippen LogP contribution is -2.32. The van der Waals surface area contributed by atoms with Gasteiger partial charge in [-0.25, -0.2) is 4.98 Å². The Bertz CT molecular complexity index is 1290. The molecule has 0 bridgehead atoms. The van der Waals surface area contributed by atoms with Crippen molar-refractivity contribution in [3.8, 4) is 0 Å². The maximum atomic E-state index is 13.3. The minimum absolute atomic E-state index is 0.118. The number of carbonyl (C=O) groups is 1. The molecule has 32 heavy (non-hydrogen) atoms. The molecule has 0 spiro atoms. The number of hydrogen-bond donors (Lipinski definition) is 2. The molecule has 2 aliphatic rings. The number of anilines is 1. The SMILES string of the molecule is Cc1ccc(C2C3=C(CCCC3=O)Nc3nc(SCc4cccc(C)c4)[nH]c(=O)c32)cc1. The Kier molecular flexibility index (Phi) is 5.47. The average Bonchev–Trinajstić information content (AvgIpc) is 2.77. The van der Waals surface area contributed by atoms with Crippen LogP contribution in [0.15, 0.2) is 69.8 Å². The van der Waals surface area contributed by atoms with Gasteiger partial charge in [-0.15, -0.1) is 0 Å². The molecule has 2 aromatic carbocycles. The van der Waals surface area contributed by atoms with Crippen LogP contribution in [-0.4, -0.2) is 15.8 Å². The van der Waals surface area contributed by atoms with Gasteiger partial charge in [-0.1, -0.05) is 71.4 Å². The van der Waals surface area contributed by atoms with Gasteiger partial charge in [-0.05, 0) is 37.8 Å². The van der Waals surface area contributed by atoms with Crippen LogP contribution in [-0.2, 0) is 10.5 Å². The van der Waals surface area contributed by atoms with Gasteiger partial charge in [-0.2, -0.15) is 0 Å². The minimum atomic E-state index is -0.387. The molecule has 1 aliphatic heterocycles. The van der Waals surface area contributed by atoms with Crippen LogP contribution in [0.3, 0.4) is 0 Å². The van der Waals surface area contributed by atoms with E-state index in [2.05, 4.69) is 35.4 Å². The zero-order valence-electron chi connectivity index (χ0n) is 18.2. The first kappa shape index (κ1) is 20.8. The van der Waals surface area contributed by atoms with Crippen LogP contribution in [0.1, 0.15) is 53.0 Å². The quantitative estimate of drug-likeness (QED) is 0.426. The van der Waals surface area contributed by atoms with E-state index in [9.17, 15) is 9.59 Å². The summed E-state index contributed by atoms with van der Waals surface area (Å²) in [6, 6.07) is 16.4. The number of carbonyl (C=O) groups excluding carboxylic acids is 1. The van der Waals surface area contributed by atoms with Gasteiger partial charge >= 0.3 is 0 Å². The summed E-state index contributed by atoms with van der Waals surface area (Å²) in [6.07, 6.45) is 2.13. The first-order valence-corrected chi connectivity index (χ1v) is 11.9. The molecule has 6 heteroatoms. The highest BCUT2D eigenvalue weighted by atomic mass is 32.2. The van der Waals surface area contributed by atoms with Crippen molar-refractivity contribution in [3.63, 3.8) is 0 Å². The number of fused-ring (bicyclic) bond motifs is 1. The van der Waals surface area contributed by atoms with Crippen molar-refractivity contribution in [2.75, 3.05) is 5.32 Å². The number of hydrogen-bond acceptors (Lipinski definition) is 5. The predicted molar refractivity (Wildman–Crippen MR) is 128 cm³/mol. The number of rotatable bonds is 4. The second kappa shape index (κ2) is 8.43. The van der Waals surface area contributed by atoms with E-state index in [1.807, 2.05) is 37.3 Å². The third-order valence-electron chi connectivity index (χ3n) is 6.11. The highest BCUT2D eigenvalue weighted by Crippen LogP contribution is 2.43. The normalized spacial score (nSPS) is 17.6. The number of aromatic amines is 1. The first-order valence-electron chi connectivity index (χ1n) is 10.9. The highest BCUT2D eigenvalue weighted by molar-refractivity contribution is 7.98. The van der Waals surface area contributed by atoms with E-state index in [0.717, 1.165) is 41.0 Å². The van der Waals surface area contributed by atoms with Crippen LogP contribution >= 0.6 is 11.8 Å². The molecule has 1 aliphatic carbocycles. The standard InChI is InChI=1S/C26H25N3O2S/c1-15-9-11-18(12-10-15)21-22-19(7-4-8-20(22)30)27-24-23(21)25(31)29-26(28-24)32-14-17-6-3-5-16(2)13-17/h3,5-6,9-13,21H,4,7-8,14H2,1-2H3,(H2,27,28,29,31). The Labute approximate surface area is 191 Å². The number of nitrogens with one attached hydrogen (secondary N) is 2. The predicted octanol–water partition coefficient (Wildman–Crippen LogP) is 5.24. The molecule has 2 N–H and O–H groups in total. The van der Waals surface area contributed by atoms with E-state index < -0.39 is 0 Å². The summed E-state index contributed by atoms with van der Waals surface area (Å²) in [5.74, 6) is 1.02. The molecule has 0 amide bonds. The molecule has 1 atom stereocenters. The Morgan fingerprint density at radius 3 is 2.62 bits per heavy atom. The van der Waals surface area contributed by atoms with Crippen LogP contribution in [0.4, 0.5) is 5.82 Å². The van der Waals surface area contributed by atoms with Gasteiger partial charge in [0.15, 0.2) is 10.9 Å². The lowest BCUT2D eigenvalue weighted by Gasteiger charge is -2.32. The highest BCUT2D eigenvalue weighted by Gasteiger charge is 2.37. The number of benzene rings is 2. The van der Waals surface area contributed by atoms with Crippen LogP contribution in [0, 0.1) is 13.8 Å². The summed E-state index contributed by atoms with van der Waals surface area (Å²) >= 11 is 1.51. The zero-order chi connectivity index (χ0) is 22.2. The fourth-order valence-electron chi connectivity index (χ4n) is 4.55. The van der Waals surface area contributed by atoms with E-state index in [1.54, 1.807) is 0 Å². The number of allylic oxidation sites excluding steroid dienone is 2. The third kappa shape index (κ3) is 3.91. The molecule has 0 saturated carbocycles. The van der Waals surface area contributed by atoms with Crippen molar-refractivity contribution in [2.24, 2.45) is 0 Å². The van der Waals surface area contributed by atoms with Gasteiger partial charge in [0.05, 0.1) is 5.56 Å². The number of thioether (sulfide) groups is 1. The largest absolute Gasteiger partial charge is 0.343 e. The lowest BCUT2D eigenvalue weighted by molar-refractivity contribution is -0.116. The Balaban J connectivity index is 1.55. The zero-order valence-corrected chi connectivity index (χ0v) is 19.0. The summed E-state index contributed by atoms with van der Waals surface area (Å²) in [5, 5.41) is 3.92. The van der Waals surface area contributed by atoms with Crippen molar-refractivity contribution in [1.29, 1.82) is 0 Å². The molecule has 1 aromatic heterocycles. The van der Waals surface area contributed by atoms with Gasteiger partial charge in [0, 0.05) is 29.4 Å². The maximum Gasteiger partial charge on any atom is 0.257 e.